The van der Waals surface area contributed by atoms with Crippen molar-refractivity contribution in [3.8, 4) is 0 Å². The van der Waals surface area contributed by atoms with Crippen LogP contribution >= 0.6 is 0 Å². The fraction of sp³-hybridized carbons (Fsp3) is 0.682. The Kier molecular flexibility index (Phi) is 8.11. The van der Waals surface area contributed by atoms with Crippen LogP contribution in [-0.2, 0) is 11.2 Å². The number of carbonyl (C=O) groups excluding carboxylic acids is 1. The molecule has 2 fully saturated rings. The van der Waals surface area contributed by atoms with Crippen LogP contribution in [-0.4, -0.2) is 72.7 Å². The van der Waals surface area contributed by atoms with Gasteiger partial charge in [-0.15, -0.1) is 0 Å². The maximum absolute atomic E-state index is 12.6. The topological polar surface area (TPSA) is 55.8 Å². The van der Waals surface area contributed by atoms with Gasteiger partial charge in [-0.1, -0.05) is 30.3 Å². The van der Waals surface area contributed by atoms with Crippen LogP contribution in [0.3, 0.4) is 0 Å². The highest BCUT2D eigenvalue weighted by Crippen LogP contribution is 2.24. The second kappa shape index (κ2) is 10.8. The lowest BCUT2D eigenvalue weighted by molar-refractivity contribution is -0.127. The molecule has 0 bridgehead atoms. The predicted molar refractivity (Wildman–Crippen MR) is 109 cm³/mol. The van der Waals surface area contributed by atoms with E-state index in [1.54, 1.807) is 0 Å². The molecule has 2 heterocycles. The molecule has 1 atom stereocenters. The van der Waals surface area contributed by atoms with Crippen LogP contribution in [0.25, 0.3) is 0 Å². The summed E-state index contributed by atoms with van der Waals surface area (Å²) in [6, 6.07) is 11.0. The summed E-state index contributed by atoms with van der Waals surface area (Å²) in [6.07, 6.45) is 6.29. The Bertz CT molecular complexity index is 558. The van der Waals surface area contributed by atoms with Crippen molar-refractivity contribution in [1.82, 2.24) is 15.1 Å². The molecule has 2 aliphatic heterocycles. The number of nitrogens with zero attached hydrogens (tertiary/aromatic N) is 2. The van der Waals surface area contributed by atoms with Gasteiger partial charge >= 0.3 is 0 Å². The van der Waals surface area contributed by atoms with E-state index in [1.165, 1.54) is 18.4 Å². The van der Waals surface area contributed by atoms with E-state index in [4.69, 9.17) is 5.11 Å². The minimum atomic E-state index is 0.141. The van der Waals surface area contributed by atoms with Crippen molar-refractivity contribution in [2.24, 2.45) is 5.92 Å². The Morgan fingerprint density at radius 2 is 1.89 bits per heavy atom. The first-order chi connectivity index (χ1) is 13.3. The van der Waals surface area contributed by atoms with Gasteiger partial charge < -0.3 is 15.3 Å². The number of carbonyl (C=O) groups is 1. The van der Waals surface area contributed by atoms with E-state index < -0.39 is 0 Å². The average molecular weight is 374 g/mol. The number of amides is 1. The van der Waals surface area contributed by atoms with Crippen LogP contribution in [0.15, 0.2) is 30.3 Å². The monoisotopic (exact) mass is 373 g/mol. The molecule has 1 aromatic carbocycles. The minimum absolute atomic E-state index is 0.141. The molecule has 0 unspecified atom stereocenters. The number of hydrogen-bond acceptors (Lipinski definition) is 4. The molecule has 5 heteroatoms. The number of hydrogen-bond donors (Lipinski definition) is 2. The summed E-state index contributed by atoms with van der Waals surface area (Å²) in [4.78, 5) is 17.6. The molecule has 1 amide bonds. The zero-order valence-electron chi connectivity index (χ0n) is 16.5. The molecule has 2 aliphatic rings. The molecular weight excluding hydrogens is 338 g/mol. The minimum Gasteiger partial charge on any atom is -0.396 e. The lowest BCUT2D eigenvalue weighted by Crippen LogP contribution is -2.51. The molecule has 1 aromatic rings. The fourth-order valence-corrected chi connectivity index (χ4v) is 4.47. The number of rotatable bonds is 8. The number of aliphatic hydroxyl groups excluding tert-OH is 1. The zero-order valence-corrected chi connectivity index (χ0v) is 16.5. The van der Waals surface area contributed by atoms with E-state index in [0.29, 0.717) is 6.04 Å². The summed E-state index contributed by atoms with van der Waals surface area (Å²) in [5.74, 6) is 0.373. The van der Waals surface area contributed by atoms with Gasteiger partial charge in [0.15, 0.2) is 0 Å². The Morgan fingerprint density at radius 1 is 1.11 bits per heavy atom. The maximum atomic E-state index is 12.6. The number of nitrogens with one attached hydrogen (secondary N) is 1. The highest BCUT2D eigenvalue weighted by molar-refractivity contribution is 5.79. The number of likely N-dealkylation sites (tertiary alicyclic amines) is 2. The standard InChI is InChI=1S/C22H35N3O2/c26-17-5-13-24-15-10-21(11-16-24)25-14-4-8-20(18-25)22(27)23-12-9-19-6-2-1-3-7-19/h1-3,6-7,20-21,26H,4-5,8-18H2,(H,23,27)/t20-/m0/s1. The van der Waals surface area contributed by atoms with Crippen molar-refractivity contribution in [2.75, 3.05) is 45.9 Å². The third kappa shape index (κ3) is 6.30. The van der Waals surface area contributed by atoms with Crippen molar-refractivity contribution in [1.29, 1.82) is 0 Å². The van der Waals surface area contributed by atoms with Gasteiger partial charge in [0.2, 0.25) is 5.91 Å². The third-order valence-electron chi connectivity index (χ3n) is 6.09. The molecule has 27 heavy (non-hydrogen) atoms. The van der Waals surface area contributed by atoms with Gasteiger partial charge in [0.05, 0.1) is 5.92 Å². The van der Waals surface area contributed by atoms with Gasteiger partial charge in [0.25, 0.3) is 0 Å². The molecule has 0 saturated carbocycles. The van der Waals surface area contributed by atoms with E-state index in [-0.39, 0.29) is 18.4 Å². The second-order valence-electron chi connectivity index (χ2n) is 8.01. The number of piperidine rings is 2. The summed E-state index contributed by atoms with van der Waals surface area (Å²) in [5.41, 5.74) is 1.27. The quantitative estimate of drug-likeness (QED) is 0.731. The van der Waals surface area contributed by atoms with Crippen molar-refractivity contribution in [2.45, 2.75) is 44.6 Å². The van der Waals surface area contributed by atoms with Crippen molar-refractivity contribution < 1.29 is 9.90 Å². The van der Waals surface area contributed by atoms with Crippen LogP contribution in [0.4, 0.5) is 0 Å². The van der Waals surface area contributed by atoms with E-state index in [2.05, 4.69) is 27.2 Å². The largest absolute Gasteiger partial charge is 0.396 e. The first-order valence-corrected chi connectivity index (χ1v) is 10.6. The van der Waals surface area contributed by atoms with Crippen molar-refractivity contribution in [3.05, 3.63) is 35.9 Å². The van der Waals surface area contributed by atoms with E-state index in [9.17, 15) is 4.79 Å². The maximum Gasteiger partial charge on any atom is 0.224 e. The molecule has 2 saturated heterocycles. The summed E-state index contributed by atoms with van der Waals surface area (Å²) in [7, 11) is 0. The molecule has 3 rings (SSSR count). The third-order valence-corrected chi connectivity index (χ3v) is 6.09. The smallest absolute Gasteiger partial charge is 0.224 e. The zero-order chi connectivity index (χ0) is 18.9. The normalized spacial score (nSPS) is 22.6. The van der Waals surface area contributed by atoms with E-state index in [1.807, 2.05) is 18.2 Å². The molecule has 5 nitrogen and oxygen atoms in total. The highest BCUT2D eigenvalue weighted by Gasteiger charge is 2.31. The van der Waals surface area contributed by atoms with Crippen LogP contribution < -0.4 is 5.32 Å². The Hall–Kier alpha value is -1.43. The molecule has 0 aliphatic carbocycles. The molecule has 0 aromatic heterocycles. The fourth-order valence-electron chi connectivity index (χ4n) is 4.47. The predicted octanol–water partition coefficient (Wildman–Crippen LogP) is 1.90. The first kappa shape index (κ1) is 20.3. The lowest BCUT2D eigenvalue weighted by atomic mass is 9.93. The van der Waals surface area contributed by atoms with Crippen LogP contribution in [0.2, 0.25) is 0 Å². The van der Waals surface area contributed by atoms with E-state index in [0.717, 1.165) is 65.0 Å². The van der Waals surface area contributed by atoms with Gasteiger partial charge in [-0.25, -0.2) is 0 Å². The molecule has 2 N–H and O–H groups in total. The van der Waals surface area contributed by atoms with Gasteiger partial charge in [-0.3, -0.25) is 9.69 Å². The molecular formula is C22H35N3O2. The second-order valence-corrected chi connectivity index (χ2v) is 8.01. The highest BCUT2D eigenvalue weighted by atomic mass is 16.3. The van der Waals surface area contributed by atoms with Crippen LogP contribution in [0, 0.1) is 5.92 Å². The van der Waals surface area contributed by atoms with Gasteiger partial charge in [-0.05, 0) is 63.7 Å². The molecule has 150 valence electrons. The Labute approximate surface area is 163 Å². The molecule has 0 radical (unpaired) electrons. The summed E-state index contributed by atoms with van der Waals surface area (Å²) in [5, 5.41) is 12.1. The van der Waals surface area contributed by atoms with E-state index >= 15 is 0 Å². The summed E-state index contributed by atoms with van der Waals surface area (Å²) < 4.78 is 0. The Morgan fingerprint density at radius 3 is 2.63 bits per heavy atom. The summed E-state index contributed by atoms with van der Waals surface area (Å²) >= 11 is 0. The van der Waals surface area contributed by atoms with Gasteiger partial charge in [0.1, 0.15) is 0 Å². The Balaban J connectivity index is 1.39. The van der Waals surface area contributed by atoms with Gasteiger partial charge in [-0.2, -0.15) is 0 Å². The summed E-state index contributed by atoms with van der Waals surface area (Å²) in [6.45, 7) is 6.31. The SMILES string of the molecule is O=C(NCCc1ccccc1)[C@H]1CCCN(C2CCN(CCCO)CC2)C1. The van der Waals surface area contributed by atoms with Crippen LogP contribution in [0.5, 0.6) is 0 Å². The van der Waals surface area contributed by atoms with Crippen LogP contribution in [0.1, 0.15) is 37.7 Å². The average Bonchev–Trinajstić information content (AvgIpc) is 2.73. The van der Waals surface area contributed by atoms with Crippen molar-refractivity contribution in [3.63, 3.8) is 0 Å². The lowest BCUT2D eigenvalue weighted by Gasteiger charge is -2.42. The first-order valence-electron chi connectivity index (χ1n) is 10.6. The number of benzene rings is 1. The number of aliphatic hydroxyl groups is 1. The van der Waals surface area contributed by atoms with Gasteiger partial charge in [0, 0.05) is 32.3 Å². The molecule has 0 spiro atoms. The van der Waals surface area contributed by atoms with Crippen molar-refractivity contribution >= 4 is 5.91 Å².